The number of halogens is 1. The van der Waals surface area contributed by atoms with Gasteiger partial charge in [-0.2, -0.15) is 0 Å². The highest BCUT2D eigenvalue weighted by atomic mass is 79.9. The fourth-order valence-electron chi connectivity index (χ4n) is 2.74. The number of hydrogen-bond donors (Lipinski definition) is 1. The lowest BCUT2D eigenvalue weighted by Gasteiger charge is -2.32. The van der Waals surface area contributed by atoms with Gasteiger partial charge < -0.3 is 10.1 Å². The summed E-state index contributed by atoms with van der Waals surface area (Å²) in [4.78, 5) is 0. The summed E-state index contributed by atoms with van der Waals surface area (Å²) < 4.78 is 6.89. The van der Waals surface area contributed by atoms with E-state index in [4.69, 9.17) is 4.74 Å². The normalized spacial score (nSPS) is 21.3. The molecule has 1 saturated heterocycles. The van der Waals surface area contributed by atoms with Gasteiger partial charge in [-0.15, -0.1) is 0 Å². The third kappa shape index (κ3) is 4.04. The van der Waals surface area contributed by atoms with Crippen molar-refractivity contribution in [2.45, 2.75) is 39.2 Å². The molecular formula is C16H24BrNO. The summed E-state index contributed by atoms with van der Waals surface area (Å²) >= 11 is 3.73. The Hall–Kier alpha value is -0.380. The van der Waals surface area contributed by atoms with Crippen LogP contribution in [0.15, 0.2) is 22.7 Å². The van der Waals surface area contributed by atoms with E-state index in [1.54, 1.807) is 0 Å². The standard InChI is InChI=1S/C16H24BrNO/c1-3-8-18-16(13-5-4-9-19-11-13)14-7-6-12(2)10-15(14)17/h6-7,10,13,16,18H,3-5,8-9,11H2,1-2H3. The Morgan fingerprint density at radius 1 is 1.47 bits per heavy atom. The molecule has 0 saturated carbocycles. The number of ether oxygens (including phenoxy) is 1. The van der Waals surface area contributed by atoms with E-state index in [9.17, 15) is 0 Å². The van der Waals surface area contributed by atoms with Gasteiger partial charge in [0.25, 0.3) is 0 Å². The Bertz CT molecular complexity index is 402. The number of nitrogens with one attached hydrogen (secondary N) is 1. The van der Waals surface area contributed by atoms with Crippen LogP contribution in [-0.4, -0.2) is 19.8 Å². The predicted molar refractivity (Wildman–Crippen MR) is 83.5 cm³/mol. The molecule has 1 heterocycles. The van der Waals surface area contributed by atoms with Crippen LogP contribution >= 0.6 is 15.9 Å². The monoisotopic (exact) mass is 325 g/mol. The molecule has 0 aromatic heterocycles. The maximum absolute atomic E-state index is 5.67. The first-order valence-corrected chi connectivity index (χ1v) is 8.09. The molecule has 106 valence electrons. The van der Waals surface area contributed by atoms with E-state index in [0.717, 1.165) is 26.2 Å². The second kappa shape index (κ2) is 7.41. The van der Waals surface area contributed by atoms with Crippen LogP contribution in [0.3, 0.4) is 0 Å². The lowest BCUT2D eigenvalue weighted by atomic mass is 9.88. The zero-order chi connectivity index (χ0) is 13.7. The van der Waals surface area contributed by atoms with Crippen LogP contribution in [0.1, 0.15) is 43.4 Å². The summed E-state index contributed by atoms with van der Waals surface area (Å²) in [5, 5.41) is 3.71. The van der Waals surface area contributed by atoms with Gasteiger partial charge in [0.1, 0.15) is 0 Å². The lowest BCUT2D eigenvalue weighted by Crippen LogP contribution is -2.34. The summed E-state index contributed by atoms with van der Waals surface area (Å²) in [7, 11) is 0. The second-order valence-electron chi connectivity index (χ2n) is 5.43. The topological polar surface area (TPSA) is 21.3 Å². The third-order valence-electron chi connectivity index (χ3n) is 3.77. The van der Waals surface area contributed by atoms with Gasteiger partial charge in [-0.25, -0.2) is 0 Å². The second-order valence-corrected chi connectivity index (χ2v) is 6.29. The molecule has 1 aliphatic heterocycles. The molecule has 2 unspecified atom stereocenters. The SMILES string of the molecule is CCCNC(c1ccc(C)cc1Br)C1CCCOC1. The largest absolute Gasteiger partial charge is 0.381 e. The van der Waals surface area contributed by atoms with Gasteiger partial charge >= 0.3 is 0 Å². The average Bonchev–Trinajstić information content (AvgIpc) is 2.42. The summed E-state index contributed by atoms with van der Waals surface area (Å²) in [6, 6.07) is 7.06. The minimum atomic E-state index is 0.398. The average molecular weight is 326 g/mol. The molecule has 1 N–H and O–H groups in total. The molecule has 0 aliphatic carbocycles. The quantitative estimate of drug-likeness (QED) is 0.874. The van der Waals surface area contributed by atoms with E-state index in [0.29, 0.717) is 12.0 Å². The molecule has 0 bridgehead atoms. The first kappa shape index (κ1) is 15.0. The van der Waals surface area contributed by atoms with E-state index < -0.39 is 0 Å². The molecule has 1 aliphatic rings. The van der Waals surface area contributed by atoms with Crippen LogP contribution < -0.4 is 5.32 Å². The highest BCUT2D eigenvalue weighted by Gasteiger charge is 2.26. The number of rotatable bonds is 5. The minimum absolute atomic E-state index is 0.398. The molecular weight excluding hydrogens is 302 g/mol. The van der Waals surface area contributed by atoms with E-state index in [-0.39, 0.29) is 0 Å². The Labute approximate surface area is 125 Å². The van der Waals surface area contributed by atoms with Crippen molar-refractivity contribution in [3.63, 3.8) is 0 Å². The molecule has 0 spiro atoms. The van der Waals surface area contributed by atoms with Crippen molar-refractivity contribution in [1.82, 2.24) is 5.32 Å². The van der Waals surface area contributed by atoms with Crippen molar-refractivity contribution in [3.8, 4) is 0 Å². The molecule has 2 atom stereocenters. The van der Waals surface area contributed by atoms with Crippen LogP contribution in [0, 0.1) is 12.8 Å². The van der Waals surface area contributed by atoms with Gasteiger partial charge in [-0.05, 0) is 49.9 Å². The number of aryl methyl sites for hydroxylation is 1. The van der Waals surface area contributed by atoms with Crippen LogP contribution in [-0.2, 0) is 4.74 Å². The van der Waals surface area contributed by atoms with Crippen LogP contribution in [0.4, 0.5) is 0 Å². The summed E-state index contributed by atoms with van der Waals surface area (Å²) in [6.45, 7) is 7.20. The fraction of sp³-hybridized carbons (Fsp3) is 0.625. The van der Waals surface area contributed by atoms with Gasteiger partial charge in [0.2, 0.25) is 0 Å². The molecule has 1 fully saturated rings. The van der Waals surface area contributed by atoms with Crippen molar-refractivity contribution >= 4 is 15.9 Å². The maximum Gasteiger partial charge on any atom is 0.0512 e. The Morgan fingerprint density at radius 2 is 2.32 bits per heavy atom. The van der Waals surface area contributed by atoms with Gasteiger partial charge in [-0.1, -0.05) is 35.0 Å². The van der Waals surface area contributed by atoms with Crippen LogP contribution in [0.2, 0.25) is 0 Å². The molecule has 1 aromatic carbocycles. The Kier molecular flexibility index (Phi) is 5.86. The molecule has 19 heavy (non-hydrogen) atoms. The van der Waals surface area contributed by atoms with Gasteiger partial charge in [0, 0.05) is 23.0 Å². The summed E-state index contributed by atoms with van der Waals surface area (Å²) in [5.41, 5.74) is 2.67. The summed E-state index contributed by atoms with van der Waals surface area (Å²) in [6.07, 6.45) is 3.59. The molecule has 0 radical (unpaired) electrons. The number of benzene rings is 1. The lowest BCUT2D eigenvalue weighted by molar-refractivity contribution is 0.0389. The van der Waals surface area contributed by atoms with Gasteiger partial charge in [0.05, 0.1) is 6.61 Å². The zero-order valence-corrected chi connectivity index (χ0v) is 13.5. The van der Waals surface area contributed by atoms with E-state index >= 15 is 0 Å². The Morgan fingerprint density at radius 3 is 2.95 bits per heavy atom. The van der Waals surface area contributed by atoms with Gasteiger partial charge in [-0.3, -0.25) is 0 Å². The first-order chi connectivity index (χ1) is 9.22. The predicted octanol–water partition coefficient (Wildman–Crippen LogP) is 4.22. The van der Waals surface area contributed by atoms with Crippen molar-refractivity contribution in [1.29, 1.82) is 0 Å². The summed E-state index contributed by atoms with van der Waals surface area (Å²) in [5.74, 6) is 0.583. The first-order valence-electron chi connectivity index (χ1n) is 7.29. The minimum Gasteiger partial charge on any atom is -0.381 e. The molecule has 2 rings (SSSR count). The smallest absolute Gasteiger partial charge is 0.0512 e. The van der Waals surface area contributed by atoms with Crippen molar-refractivity contribution in [3.05, 3.63) is 33.8 Å². The van der Waals surface area contributed by atoms with E-state index in [1.807, 2.05) is 0 Å². The maximum atomic E-state index is 5.67. The molecule has 0 amide bonds. The molecule has 3 heteroatoms. The van der Waals surface area contributed by atoms with E-state index in [2.05, 4.69) is 53.3 Å². The Balaban J connectivity index is 2.19. The van der Waals surface area contributed by atoms with E-state index in [1.165, 1.54) is 28.4 Å². The van der Waals surface area contributed by atoms with Crippen LogP contribution in [0.25, 0.3) is 0 Å². The third-order valence-corrected chi connectivity index (χ3v) is 4.46. The molecule has 1 aromatic rings. The zero-order valence-electron chi connectivity index (χ0n) is 11.9. The fourth-order valence-corrected chi connectivity index (χ4v) is 3.48. The van der Waals surface area contributed by atoms with Crippen molar-refractivity contribution in [2.24, 2.45) is 5.92 Å². The molecule has 2 nitrogen and oxygen atoms in total. The van der Waals surface area contributed by atoms with Crippen molar-refractivity contribution < 1.29 is 4.74 Å². The highest BCUT2D eigenvalue weighted by Crippen LogP contribution is 2.33. The van der Waals surface area contributed by atoms with Gasteiger partial charge in [0.15, 0.2) is 0 Å². The highest BCUT2D eigenvalue weighted by molar-refractivity contribution is 9.10. The number of hydrogen-bond acceptors (Lipinski definition) is 2. The van der Waals surface area contributed by atoms with Crippen molar-refractivity contribution in [2.75, 3.05) is 19.8 Å². The van der Waals surface area contributed by atoms with Crippen LogP contribution in [0.5, 0.6) is 0 Å².